The summed E-state index contributed by atoms with van der Waals surface area (Å²) in [5.41, 5.74) is 0.455. The number of benzene rings is 1. The number of hydrogen-bond donors (Lipinski definition) is 2. The van der Waals surface area contributed by atoms with Crippen LogP contribution in [0.3, 0.4) is 0 Å². The third-order valence-corrected chi connectivity index (χ3v) is 3.02. The standard InChI is InChI=1S/C15H11FN4O2.C3H8/c16-11-5-2-1-4-10(11)14(21)19-15(22)18-13-7-3-6-12-17-8-9-20(12)13;1-3-2/h1-9H,(H2,18,19,21,22);3H2,1-2H3. The van der Waals surface area contributed by atoms with Crippen molar-refractivity contribution in [2.24, 2.45) is 0 Å². The van der Waals surface area contributed by atoms with Crippen LogP contribution in [0.2, 0.25) is 0 Å². The van der Waals surface area contributed by atoms with Gasteiger partial charge in [0.25, 0.3) is 5.91 Å². The highest BCUT2D eigenvalue weighted by Crippen LogP contribution is 2.11. The molecule has 0 aliphatic carbocycles. The van der Waals surface area contributed by atoms with Crippen LogP contribution in [0, 0.1) is 5.82 Å². The van der Waals surface area contributed by atoms with Crippen molar-refractivity contribution in [3.8, 4) is 0 Å². The molecule has 2 N–H and O–H groups in total. The Kier molecular flexibility index (Phi) is 6.22. The van der Waals surface area contributed by atoms with Crippen LogP contribution in [-0.2, 0) is 0 Å². The number of hydrogen-bond acceptors (Lipinski definition) is 3. The molecule has 0 saturated carbocycles. The molecule has 2 heterocycles. The number of nitrogens with one attached hydrogen (secondary N) is 2. The molecule has 25 heavy (non-hydrogen) atoms. The highest BCUT2D eigenvalue weighted by atomic mass is 19.1. The fourth-order valence-corrected chi connectivity index (χ4v) is 2.01. The summed E-state index contributed by atoms with van der Waals surface area (Å²) in [6.07, 6.45) is 4.51. The van der Waals surface area contributed by atoms with E-state index in [1.54, 1.807) is 35.0 Å². The lowest BCUT2D eigenvalue weighted by Gasteiger charge is -2.09. The molecule has 0 saturated heterocycles. The molecule has 0 aliphatic heterocycles. The summed E-state index contributed by atoms with van der Waals surface area (Å²) in [6.45, 7) is 4.25. The van der Waals surface area contributed by atoms with E-state index in [0.717, 1.165) is 6.07 Å². The third-order valence-electron chi connectivity index (χ3n) is 3.02. The van der Waals surface area contributed by atoms with Gasteiger partial charge in [-0.2, -0.15) is 0 Å². The zero-order valence-electron chi connectivity index (χ0n) is 14.0. The molecule has 0 radical (unpaired) electrons. The van der Waals surface area contributed by atoms with Gasteiger partial charge in [-0.25, -0.2) is 14.2 Å². The molecule has 6 nitrogen and oxygen atoms in total. The molecular formula is C18H19FN4O2. The first kappa shape index (κ1) is 18.1. The van der Waals surface area contributed by atoms with Crippen molar-refractivity contribution >= 4 is 23.4 Å². The Morgan fingerprint density at radius 3 is 2.56 bits per heavy atom. The van der Waals surface area contributed by atoms with E-state index < -0.39 is 17.8 Å². The van der Waals surface area contributed by atoms with Gasteiger partial charge in [0.2, 0.25) is 0 Å². The Labute approximate surface area is 144 Å². The van der Waals surface area contributed by atoms with Crippen molar-refractivity contribution in [2.45, 2.75) is 20.3 Å². The van der Waals surface area contributed by atoms with Gasteiger partial charge in [-0.1, -0.05) is 38.5 Å². The first-order valence-electron chi connectivity index (χ1n) is 7.85. The van der Waals surface area contributed by atoms with Gasteiger partial charge in [-0.05, 0) is 24.3 Å². The minimum absolute atomic E-state index is 0.196. The van der Waals surface area contributed by atoms with Gasteiger partial charge in [-0.15, -0.1) is 0 Å². The fraction of sp³-hybridized carbons (Fsp3) is 0.167. The van der Waals surface area contributed by atoms with Crippen LogP contribution < -0.4 is 10.6 Å². The predicted octanol–water partition coefficient (Wildman–Crippen LogP) is 3.85. The number of nitrogens with zero attached hydrogens (tertiary/aromatic N) is 2. The highest BCUT2D eigenvalue weighted by Gasteiger charge is 2.14. The van der Waals surface area contributed by atoms with Crippen LogP contribution in [0.25, 0.3) is 5.65 Å². The lowest BCUT2D eigenvalue weighted by Crippen LogP contribution is -2.35. The molecule has 3 amide bonds. The number of fused-ring (bicyclic) bond motifs is 1. The average molecular weight is 342 g/mol. The van der Waals surface area contributed by atoms with E-state index >= 15 is 0 Å². The van der Waals surface area contributed by atoms with Crippen LogP contribution in [0.15, 0.2) is 54.9 Å². The molecule has 7 heteroatoms. The second-order valence-corrected chi connectivity index (χ2v) is 5.16. The van der Waals surface area contributed by atoms with Gasteiger partial charge >= 0.3 is 6.03 Å². The number of imide groups is 1. The largest absolute Gasteiger partial charge is 0.327 e. The number of pyridine rings is 1. The molecule has 0 bridgehead atoms. The molecule has 0 unspecified atom stereocenters. The average Bonchev–Trinajstić information content (AvgIpc) is 3.05. The number of halogens is 1. The van der Waals surface area contributed by atoms with Crippen LogP contribution in [0.4, 0.5) is 15.0 Å². The third kappa shape index (κ3) is 4.63. The van der Waals surface area contributed by atoms with Crippen LogP contribution in [0.5, 0.6) is 0 Å². The number of anilines is 1. The Bertz CT molecular complexity index is 876. The molecule has 3 aromatic rings. The van der Waals surface area contributed by atoms with Crippen LogP contribution in [-0.4, -0.2) is 21.3 Å². The monoisotopic (exact) mass is 342 g/mol. The molecule has 2 aromatic heterocycles. The summed E-state index contributed by atoms with van der Waals surface area (Å²) < 4.78 is 15.1. The minimum atomic E-state index is -0.812. The van der Waals surface area contributed by atoms with Crippen molar-refractivity contribution in [3.63, 3.8) is 0 Å². The fourth-order valence-electron chi connectivity index (χ4n) is 2.01. The second kappa shape index (κ2) is 8.58. The summed E-state index contributed by atoms with van der Waals surface area (Å²) in [4.78, 5) is 27.8. The predicted molar refractivity (Wildman–Crippen MR) is 94.0 cm³/mol. The Balaban J connectivity index is 0.000000701. The number of amides is 3. The Morgan fingerprint density at radius 2 is 1.84 bits per heavy atom. The number of rotatable bonds is 2. The zero-order valence-corrected chi connectivity index (χ0v) is 14.0. The van der Waals surface area contributed by atoms with Gasteiger partial charge in [0.05, 0.1) is 5.56 Å². The quantitative estimate of drug-likeness (QED) is 0.743. The molecule has 0 spiro atoms. The molecule has 1 aromatic carbocycles. The summed E-state index contributed by atoms with van der Waals surface area (Å²) in [6, 6.07) is 9.82. The molecule has 0 aliphatic rings. The SMILES string of the molecule is CCC.O=C(NC(=O)c1ccccc1F)Nc1cccc2nccn12. The smallest absolute Gasteiger partial charge is 0.293 e. The van der Waals surface area contributed by atoms with Crippen molar-refractivity contribution in [3.05, 3.63) is 66.2 Å². The van der Waals surface area contributed by atoms with Gasteiger partial charge in [0.15, 0.2) is 0 Å². The maximum absolute atomic E-state index is 13.5. The van der Waals surface area contributed by atoms with Crippen molar-refractivity contribution in [1.82, 2.24) is 14.7 Å². The summed E-state index contributed by atoms with van der Waals surface area (Å²) >= 11 is 0. The van der Waals surface area contributed by atoms with E-state index in [4.69, 9.17) is 0 Å². The first-order valence-corrected chi connectivity index (χ1v) is 7.85. The molecule has 3 rings (SSSR count). The van der Waals surface area contributed by atoms with E-state index in [1.165, 1.54) is 24.6 Å². The van der Waals surface area contributed by atoms with E-state index in [-0.39, 0.29) is 5.56 Å². The second-order valence-electron chi connectivity index (χ2n) is 5.16. The van der Waals surface area contributed by atoms with E-state index in [2.05, 4.69) is 29.5 Å². The summed E-state index contributed by atoms with van der Waals surface area (Å²) in [7, 11) is 0. The number of carbonyl (C=O) groups excluding carboxylic acids is 2. The van der Waals surface area contributed by atoms with Crippen molar-refractivity contribution < 1.29 is 14.0 Å². The van der Waals surface area contributed by atoms with Gasteiger partial charge < -0.3 is 0 Å². The van der Waals surface area contributed by atoms with Crippen molar-refractivity contribution in [2.75, 3.05) is 5.32 Å². The topological polar surface area (TPSA) is 75.5 Å². The van der Waals surface area contributed by atoms with Crippen LogP contribution >= 0.6 is 0 Å². The highest BCUT2D eigenvalue weighted by molar-refractivity contribution is 6.07. The number of aromatic nitrogens is 2. The van der Waals surface area contributed by atoms with Gasteiger partial charge in [0, 0.05) is 12.4 Å². The maximum atomic E-state index is 13.5. The lowest BCUT2D eigenvalue weighted by molar-refractivity contribution is 0.0963. The summed E-state index contributed by atoms with van der Waals surface area (Å²) in [5, 5.41) is 4.60. The number of imidazole rings is 1. The van der Waals surface area contributed by atoms with Gasteiger partial charge in [-0.3, -0.25) is 19.8 Å². The number of carbonyl (C=O) groups is 2. The normalized spacial score (nSPS) is 9.88. The first-order chi connectivity index (χ1) is 12.1. The zero-order chi connectivity index (χ0) is 18.2. The lowest BCUT2D eigenvalue weighted by atomic mass is 10.2. The van der Waals surface area contributed by atoms with E-state index in [1.807, 2.05) is 0 Å². The molecular weight excluding hydrogens is 323 g/mol. The minimum Gasteiger partial charge on any atom is -0.293 e. The van der Waals surface area contributed by atoms with E-state index in [9.17, 15) is 14.0 Å². The van der Waals surface area contributed by atoms with E-state index in [0.29, 0.717) is 11.5 Å². The molecule has 130 valence electrons. The van der Waals surface area contributed by atoms with Crippen LogP contribution in [0.1, 0.15) is 30.6 Å². The molecule has 0 atom stereocenters. The summed E-state index contributed by atoms with van der Waals surface area (Å²) in [5.74, 6) is -1.06. The maximum Gasteiger partial charge on any atom is 0.327 e. The van der Waals surface area contributed by atoms with Crippen molar-refractivity contribution in [1.29, 1.82) is 0 Å². The Morgan fingerprint density at radius 1 is 1.12 bits per heavy atom. The Hall–Kier alpha value is -3.22. The number of urea groups is 1. The van der Waals surface area contributed by atoms with Gasteiger partial charge in [0.1, 0.15) is 17.3 Å². The molecule has 0 fully saturated rings.